The molecule has 32 heavy (non-hydrogen) atoms. The predicted molar refractivity (Wildman–Crippen MR) is 129 cm³/mol. The quantitative estimate of drug-likeness (QED) is 0.493. The fraction of sp³-hybridized carbons (Fsp3) is 0.429. The molecule has 4 heteroatoms. The molecule has 2 aromatic carbocycles. The number of hydrogen-bond acceptors (Lipinski definition) is 0. The molecule has 0 amide bonds. The Morgan fingerprint density at radius 1 is 0.844 bits per heavy atom. The summed E-state index contributed by atoms with van der Waals surface area (Å²) in [6.45, 7) is 19.7. The third-order valence-corrected chi connectivity index (χ3v) is 23.0. The molecule has 0 nitrogen and oxygen atoms in total. The SMILES string of the molecule is CC1=C[C]2([Zr+2][CH]3C(=C(C)c4c(C(C)C)cccc43)[Si]2(C)C)c2cccc(C(C)C)c21.[Cl-].[Cl-]. The Kier molecular flexibility index (Phi) is 7.10. The van der Waals surface area contributed by atoms with Crippen LogP contribution in [0.5, 0.6) is 0 Å². The smallest absolute Gasteiger partial charge is 1.00 e. The van der Waals surface area contributed by atoms with Crippen molar-refractivity contribution >= 4 is 19.2 Å². The fourth-order valence-electron chi connectivity index (χ4n) is 6.78. The molecule has 2 aromatic rings. The normalized spacial score (nSPS) is 23.8. The van der Waals surface area contributed by atoms with E-state index in [0.29, 0.717) is 14.6 Å². The molecule has 0 N–H and O–H groups in total. The van der Waals surface area contributed by atoms with E-state index in [4.69, 9.17) is 0 Å². The second kappa shape index (κ2) is 8.67. The van der Waals surface area contributed by atoms with Crippen molar-refractivity contribution < 1.29 is 48.0 Å². The number of halogens is 2. The van der Waals surface area contributed by atoms with Crippen LogP contribution in [-0.2, 0) is 26.0 Å². The molecule has 0 saturated carbocycles. The zero-order valence-corrected chi connectivity index (χ0v) is 25.5. The van der Waals surface area contributed by atoms with Gasteiger partial charge in [0, 0.05) is 0 Å². The Labute approximate surface area is 219 Å². The number of fused-ring (bicyclic) bond motifs is 5. The van der Waals surface area contributed by atoms with Gasteiger partial charge in [-0.2, -0.15) is 0 Å². The predicted octanol–water partition coefficient (Wildman–Crippen LogP) is 1.96. The molecule has 2 aliphatic carbocycles. The second-order valence-electron chi connectivity index (χ2n) is 10.8. The number of rotatable bonds is 2. The summed E-state index contributed by atoms with van der Waals surface area (Å²) in [5, 5.41) is 1.91. The van der Waals surface area contributed by atoms with Gasteiger partial charge < -0.3 is 24.8 Å². The van der Waals surface area contributed by atoms with Gasteiger partial charge in [-0.15, -0.1) is 0 Å². The molecule has 0 bridgehead atoms. The van der Waals surface area contributed by atoms with Crippen molar-refractivity contribution in [2.75, 3.05) is 0 Å². The molecular formula is C28H34Cl2SiZr. The van der Waals surface area contributed by atoms with Crippen LogP contribution in [0.1, 0.15) is 90.4 Å². The van der Waals surface area contributed by atoms with Gasteiger partial charge in [0.15, 0.2) is 0 Å². The summed E-state index contributed by atoms with van der Waals surface area (Å²) in [4.78, 5) is 0. The number of allylic oxidation sites excluding steroid dienone is 4. The minimum absolute atomic E-state index is 0. The van der Waals surface area contributed by atoms with Gasteiger partial charge in [-0.3, -0.25) is 0 Å². The van der Waals surface area contributed by atoms with Crippen LogP contribution in [0.4, 0.5) is 0 Å². The van der Waals surface area contributed by atoms with Crippen molar-refractivity contribution in [1.29, 1.82) is 0 Å². The maximum Gasteiger partial charge on any atom is -1.00 e. The molecule has 0 radical (unpaired) electrons. The van der Waals surface area contributed by atoms with Crippen molar-refractivity contribution in [3.05, 3.63) is 81.1 Å². The number of hydrogen-bond donors (Lipinski definition) is 0. The first-order chi connectivity index (χ1) is 14.1. The Bertz CT molecular complexity index is 1140. The average Bonchev–Trinajstić information content (AvgIpc) is 3.23. The van der Waals surface area contributed by atoms with E-state index >= 15 is 0 Å². The summed E-state index contributed by atoms with van der Waals surface area (Å²) in [6.07, 6.45) is 2.78. The van der Waals surface area contributed by atoms with E-state index in [9.17, 15) is 0 Å². The Hall–Kier alpha value is -0.400. The molecule has 0 aromatic heterocycles. The maximum absolute atomic E-state index is 2.78. The van der Waals surface area contributed by atoms with E-state index in [1.165, 1.54) is 0 Å². The fourth-order valence-corrected chi connectivity index (χ4v) is 23.2. The zero-order valence-electron chi connectivity index (χ0n) is 20.5. The average molecular weight is 561 g/mol. The molecular weight excluding hydrogens is 527 g/mol. The van der Waals surface area contributed by atoms with Gasteiger partial charge in [-0.1, -0.05) is 0 Å². The molecule has 168 valence electrons. The van der Waals surface area contributed by atoms with E-state index in [1.54, 1.807) is 44.5 Å². The minimum atomic E-state index is -1.68. The second-order valence-corrected chi connectivity index (χ2v) is 20.6. The Balaban J connectivity index is 0.00000144. The van der Waals surface area contributed by atoms with Crippen molar-refractivity contribution in [3.63, 3.8) is 0 Å². The Morgan fingerprint density at radius 2 is 1.41 bits per heavy atom. The molecule has 1 heterocycles. The molecule has 2 atom stereocenters. The van der Waals surface area contributed by atoms with Gasteiger partial charge in [0.05, 0.1) is 0 Å². The molecule has 1 saturated heterocycles. The van der Waals surface area contributed by atoms with Crippen molar-refractivity contribution in [2.24, 2.45) is 0 Å². The van der Waals surface area contributed by atoms with Crippen LogP contribution in [0.2, 0.25) is 13.1 Å². The van der Waals surface area contributed by atoms with E-state index in [-0.39, 0.29) is 24.8 Å². The van der Waals surface area contributed by atoms with Crippen LogP contribution in [0.3, 0.4) is 0 Å². The van der Waals surface area contributed by atoms with E-state index in [1.807, 2.05) is 5.20 Å². The molecule has 1 fully saturated rings. The van der Waals surface area contributed by atoms with E-state index in [2.05, 4.69) is 97.1 Å². The Morgan fingerprint density at radius 3 is 2.00 bits per heavy atom. The van der Waals surface area contributed by atoms with Gasteiger partial charge in [-0.05, 0) is 0 Å². The van der Waals surface area contributed by atoms with Gasteiger partial charge in [0.25, 0.3) is 0 Å². The maximum atomic E-state index is 2.78. The summed E-state index contributed by atoms with van der Waals surface area (Å²) in [5.41, 5.74) is 13.0. The van der Waals surface area contributed by atoms with Crippen LogP contribution in [-0.4, -0.2) is 8.07 Å². The van der Waals surface area contributed by atoms with Gasteiger partial charge >= 0.3 is 196 Å². The largest absolute Gasteiger partial charge is 1.00 e. The van der Waals surface area contributed by atoms with Crippen LogP contribution in [0.25, 0.3) is 11.1 Å². The zero-order chi connectivity index (χ0) is 21.6. The molecule has 3 aliphatic rings. The monoisotopic (exact) mass is 558 g/mol. The summed E-state index contributed by atoms with van der Waals surface area (Å²) >= 11 is -0.769. The minimum Gasteiger partial charge on any atom is -1.00 e. The first-order valence-corrected chi connectivity index (χ1v) is 17.2. The van der Waals surface area contributed by atoms with Crippen molar-refractivity contribution in [1.82, 2.24) is 0 Å². The standard InChI is InChI=1S/C28H34Si.2ClH.Zr/c1-17(2)22-13-10-14-24-26(15-19(5)27(22)24)29(7,8)25-16-21-11-9-12-23(18(3)4)28(21)20(25)6;;;/h9-18H,1-8H3;2*1H;/q;;;+2/p-2. The molecule has 1 spiro atoms. The first-order valence-electron chi connectivity index (χ1n) is 11.6. The summed E-state index contributed by atoms with van der Waals surface area (Å²) in [5.74, 6) is 1.19. The topological polar surface area (TPSA) is 0 Å². The summed E-state index contributed by atoms with van der Waals surface area (Å²) in [6, 6.07) is 14.4. The molecule has 1 aliphatic heterocycles. The van der Waals surface area contributed by atoms with Crippen molar-refractivity contribution in [2.45, 2.75) is 72.8 Å². The number of benzene rings is 2. The van der Waals surface area contributed by atoms with Crippen LogP contribution >= 0.6 is 0 Å². The van der Waals surface area contributed by atoms with Crippen molar-refractivity contribution in [3.8, 4) is 0 Å². The van der Waals surface area contributed by atoms with Gasteiger partial charge in [0.2, 0.25) is 0 Å². The van der Waals surface area contributed by atoms with Gasteiger partial charge in [-0.25, -0.2) is 0 Å². The molecule has 5 rings (SSSR count). The summed E-state index contributed by atoms with van der Waals surface area (Å²) in [7, 11) is -1.68. The molecule has 2 unspecified atom stereocenters. The third kappa shape index (κ3) is 3.23. The van der Waals surface area contributed by atoms with Crippen LogP contribution in [0.15, 0.2) is 47.7 Å². The van der Waals surface area contributed by atoms with Gasteiger partial charge in [0.1, 0.15) is 0 Å². The van der Waals surface area contributed by atoms with Crippen LogP contribution in [0, 0.1) is 0 Å². The van der Waals surface area contributed by atoms with E-state index in [0.717, 1.165) is 3.63 Å². The summed E-state index contributed by atoms with van der Waals surface area (Å²) < 4.78 is 1.19. The third-order valence-electron chi connectivity index (χ3n) is 8.13. The van der Waals surface area contributed by atoms with E-state index < -0.39 is 31.3 Å². The van der Waals surface area contributed by atoms with Crippen LogP contribution < -0.4 is 24.8 Å². The first kappa shape index (κ1) is 26.2.